The van der Waals surface area contributed by atoms with Crippen molar-refractivity contribution in [1.29, 1.82) is 0 Å². The van der Waals surface area contributed by atoms with E-state index in [-0.39, 0.29) is 29.0 Å². The Labute approximate surface area is 223 Å². The lowest BCUT2D eigenvalue weighted by atomic mass is 9.91. The van der Waals surface area contributed by atoms with Crippen LogP contribution in [0.5, 0.6) is 11.5 Å². The molecule has 2 saturated carbocycles. The number of anilines is 1. The smallest absolute Gasteiger partial charge is 0.468 e. The summed E-state index contributed by atoms with van der Waals surface area (Å²) in [5.74, 6) is 0.108. The zero-order valence-electron chi connectivity index (χ0n) is 21.8. The lowest BCUT2D eigenvalue weighted by molar-refractivity contribution is -0.286. The van der Waals surface area contributed by atoms with Gasteiger partial charge < -0.3 is 24.1 Å². The molecule has 6 rings (SSSR count). The number of nitrogens with one attached hydrogen (secondary N) is 1. The molecule has 10 heteroatoms. The van der Waals surface area contributed by atoms with Crippen LogP contribution in [0.2, 0.25) is 0 Å². The molecule has 2 aromatic heterocycles. The number of methoxy groups -OCH3 is 1. The van der Waals surface area contributed by atoms with Gasteiger partial charge in [-0.15, -0.1) is 8.78 Å². The lowest BCUT2D eigenvalue weighted by Gasteiger charge is -2.22. The number of esters is 1. The standard InChI is InChI=1S/C29H27F2N3O5/c1-16-12-20(27(36)34(14-16)15-24(35)37-3)25-17(2)4-9-23(32-25)33-26(18-5-6-18)28(10-11-28)19-7-8-21-22(13-19)39-29(30,31)38-21/h4,7-9,12-14H,5-6,10-11,15H2,1-3H3,(H,32,33). The summed E-state index contributed by atoms with van der Waals surface area (Å²) < 4.78 is 42.6. The summed E-state index contributed by atoms with van der Waals surface area (Å²) in [5.41, 5.74) is 4.98. The van der Waals surface area contributed by atoms with Crippen LogP contribution >= 0.6 is 0 Å². The van der Waals surface area contributed by atoms with Gasteiger partial charge in [-0.1, -0.05) is 12.1 Å². The Morgan fingerprint density at radius 3 is 2.54 bits per heavy atom. The molecule has 0 unspecified atom stereocenters. The normalized spacial score (nSPS) is 17.5. The predicted molar refractivity (Wildman–Crippen MR) is 139 cm³/mol. The second-order valence-electron chi connectivity index (χ2n) is 10.3. The van der Waals surface area contributed by atoms with Gasteiger partial charge >= 0.3 is 12.3 Å². The largest absolute Gasteiger partial charge is 0.586 e. The van der Waals surface area contributed by atoms with Crippen LogP contribution in [-0.4, -0.2) is 28.9 Å². The second-order valence-corrected chi connectivity index (χ2v) is 10.3. The monoisotopic (exact) mass is 535 g/mol. The van der Waals surface area contributed by atoms with E-state index in [0.717, 1.165) is 48.1 Å². The van der Waals surface area contributed by atoms with E-state index in [2.05, 4.69) is 10.1 Å². The third kappa shape index (κ3) is 4.64. The van der Waals surface area contributed by atoms with Crippen molar-refractivity contribution in [3.8, 4) is 22.8 Å². The number of halogens is 2. The number of aryl methyl sites for hydroxylation is 2. The maximum Gasteiger partial charge on any atom is 0.586 e. The zero-order valence-corrected chi connectivity index (χ0v) is 21.8. The van der Waals surface area contributed by atoms with Crippen molar-refractivity contribution in [1.82, 2.24) is 9.55 Å². The molecule has 39 heavy (non-hydrogen) atoms. The molecule has 0 atom stereocenters. The molecule has 3 aliphatic rings. The van der Waals surface area contributed by atoms with E-state index in [9.17, 15) is 18.4 Å². The Bertz CT molecular complexity index is 1600. The van der Waals surface area contributed by atoms with Crippen molar-refractivity contribution in [2.45, 2.75) is 57.8 Å². The SMILES string of the molecule is COC(=O)Cn1cc(C)cc(-c2nc(NC(=C3CC3)C3(c4ccc5c(c4)OC(F)(F)O5)CC3)ccc2C)c1=O. The van der Waals surface area contributed by atoms with Crippen molar-refractivity contribution in [3.63, 3.8) is 0 Å². The third-order valence-electron chi connectivity index (χ3n) is 7.39. The fraction of sp³-hybridized carbons (Fsp3) is 0.345. The molecule has 1 N–H and O–H groups in total. The highest BCUT2D eigenvalue weighted by Crippen LogP contribution is 2.58. The summed E-state index contributed by atoms with van der Waals surface area (Å²) >= 11 is 0. The van der Waals surface area contributed by atoms with Crippen LogP contribution in [0.4, 0.5) is 14.6 Å². The number of carbonyl (C=O) groups excluding carboxylic acids is 1. The molecule has 2 aliphatic carbocycles. The molecule has 0 saturated heterocycles. The fourth-order valence-electron chi connectivity index (χ4n) is 5.19. The summed E-state index contributed by atoms with van der Waals surface area (Å²) in [7, 11) is 1.28. The first-order chi connectivity index (χ1) is 18.6. The number of benzene rings is 1. The molecule has 202 valence electrons. The van der Waals surface area contributed by atoms with Gasteiger partial charge in [-0.25, -0.2) is 4.98 Å². The van der Waals surface area contributed by atoms with Crippen LogP contribution in [-0.2, 0) is 21.5 Å². The molecule has 0 bridgehead atoms. The molecule has 0 radical (unpaired) electrons. The van der Waals surface area contributed by atoms with E-state index in [0.29, 0.717) is 17.1 Å². The third-order valence-corrected chi connectivity index (χ3v) is 7.39. The summed E-state index contributed by atoms with van der Waals surface area (Å²) in [6.45, 7) is 3.53. The summed E-state index contributed by atoms with van der Waals surface area (Å²) in [5, 5.41) is 3.52. The molecular weight excluding hydrogens is 508 g/mol. The van der Waals surface area contributed by atoms with Crippen molar-refractivity contribution >= 4 is 11.8 Å². The van der Waals surface area contributed by atoms with E-state index >= 15 is 0 Å². The van der Waals surface area contributed by atoms with E-state index in [1.807, 2.05) is 32.0 Å². The minimum Gasteiger partial charge on any atom is -0.468 e. The number of fused-ring (bicyclic) bond motifs is 1. The number of alkyl halides is 2. The van der Waals surface area contributed by atoms with Gasteiger partial charge in [0.15, 0.2) is 11.5 Å². The Kier molecular flexibility index (Phi) is 5.74. The van der Waals surface area contributed by atoms with Gasteiger partial charge in [0.2, 0.25) is 0 Å². The van der Waals surface area contributed by atoms with Gasteiger partial charge in [0.05, 0.1) is 18.4 Å². The average Bonchev–Trinajstić information content (AvgIpc) is 3.82. The highest BCUT2D eigenvalue weighted by atomic mass is 19.3. The van der Waals surface area contributed by atoms with E-state index < -0.39 is 12.3 Å². The molecule has 1 aromatic carbocycles. The Morgan fingerprint density at radius 1 is 1.10 bits per heavy atom. The molecular formula is C29H27F2N3O5. The predicted octanol–water partition coefficient (Wildman–Crippen LogP) is 5.21. The van der Waals surface area contributed by atoms with Crippen LogP contribution in [0.25, 0.3) is 11.3 Å². The van der Waals surface area contributed by atoms with Crippen LogP contribution in [0.3, 0.4) is 0 Å². The quantitative estimate of drug-likeness (QED) is 0.415. The highest BCUT2D eigenvalue weighted by molar-refractivity contribution is 5.70. The van der Waals surface area contributed by atoms with Gasteiger partial charge in [0, 0.05) is 17.3 Å². The number of aromatic nitrogens is 2. The minimum atomic E-state index is -3.67. The first-order valence-electron chi connectivity index (χ1n) is 12.7. The number of pyridine rings is 2. The number of carbonyl (C=O) groups is 1. The maximum absolute atomic E-state index is 13.6. The zero-order chi connectivity index (χ0) is 27.5. The maximum atomic E-state index is 13.6. The molecule has 1 aliphatic heterocycles. The molecule has 0 amide bonds. The van der Waals surface area contributed by atoms with Crippen molar-refractivity contribution in [3.05, 3.63) is 80.9 Å². The number of hydrogen-bond donors (Lipinski definition) is 1. The van der Waals surface area contributed by atoms with E-state index in [1.165, 1.54) is 23.3 Å². The van der Waals surface area contributed by atoms with E-state index in [4.69, 9.17) is 14.5 Å². The van der Waals surface area contributed by atoms with Crippen LogP contribution in [0.15, 0.2) is 58.7 Å². The molecule has 0 spiro atoms. The molecule has 3 heterocycles. The highest BCUT2D eigenvalue weighted by Gasteiger charge is 2.51. The second kappa shape index (κ2) is 8.93. The number of nitrogens with zero attached hydrogens (tertiary/aromatic N) is 2. The molecule has 2 fully saturated rings. The first kappa shape index (κ1) is 25.1. The number of ether oxygens (including phenoxy) is 3. The van der Waals surface area contributed by atoms with Crippen molar-refractivity contribution < 1.29 is 27.8 Å². The van der Waals surface area contributed by atoms with Gasteiger partial charge in [-0.05, 0) is 86.1 Å². The molecule has 3 aromatic rings. The fourth-order valence-corrected chi connectivity index (χ4v) is 5.19. The Morgan fingerprint density at radius 2 is 1.85 bits per heavy atom. The molecule has 8 nitrogen and oxygen atoms in total. The lowest BCUT2D eigenvalue weighted by Crippen LogP contribution is -2.26. The van der Waals surface area contributed by atoms with Gasteiger partial charge in [0.1, 0.15) is 12.4 Å². The minimum absolute atomic E-state index is 0.0222. The van der Waals surface area contributed by atoms with Gasteiger partial charge in [-0.2, -0.15) is 0 Å². The van der Waals surface area contributed by atoms with Crippen molar-refractivity contribution in [2.75, 3.05) is 12.4 Å². The number of allylic oxidation sites excluding steroid dienone is 2. The first-order valence-corrected chi connectivity index (χ1v) is 12.7. The van der Waals surface area contributed by atoms with Gasteiger partial charge in [-0.3, -0.25) is 9.59 Å². The number of rotatable bonds is 7. The average molecular weight is 536 g/mol. The Balaban J connectivity index is 1.34. The van der Waals surface area contributed by atoms with Crippen molar-refractivity contribution in [2.24, 2.45) is 0 Å². The van der Waals surface area contributed by atoms with Gasteiger partial charge in [0.25, 0.3) is 5.56 Å². The summed E-state index contributed by atoms with van der Waals surface area (Å²) in [4.78, 5) is 30.0. The van der Waals surface area contributed by atoms with Crippen LogP contribution in [0.1, 0.15) is 42.4 Å². The summed E-state index contributed by atoms with van der Waals surface area (Å²) in [6, 6.07) is 10.5. The Hall–Kier alpha value is -4.21. The van der Waals surface area contributed by atoms with E-state index in [1.54, 1.807) is 18.3 Å². The summed E-state index contributed by atoms with van der Waals surface area (Å²) in [6.07, 6.45) is 1.55. The number of hydrogen-bond acceptors (Lipinski definition) is 7. The topological polar surface area (TPSA) is 91.7 Å². The van der Waals surface area contributed by atoms with Crippen LogP contribution in [0, 0.1) is 13.8 Å². The van der Waals surface area contributed by atoms with Crippen LogP contribution < -0.4 is 20.3 Å².